The van der Waals surface area contributed by atoms with Gasteiger partial charge in [-0.2, -0.15) is 0 Å². The summed E-state index contributed by atoms with van der Waals surface area (Å²) in [5, 5.41) is 10.00. The molecule has 0 aliphatic rings. The zero-order chi connectivity index (χ0) is 9.56. The van der Waals surface area contributed by atoms with Crippen LogP contribution in [0.1, 0.15) is 6.42 Å². The lowest BCUT2D eigenvalue weighted by Crippen LogP contribution is -2.37. The standard InChI is InChI=1S/C6H7NO5/c8-2-4(3-9)7-5(10)1-6(11)12/h2-4H,1H2,(H,7,10)(H,11,12). The zero-order valence-electron chi connectivity index (χ0n) is 6.02. The minimum atomic E-state index is -1.32. The SMILES string of the molecule is O=CC(C=O)NC(=O)CC(=O)O. The molecule has 0 aliphatic heterocycles. The number of rotatable bonds is 5. The summed E-state index contributed by atoms with van der Waals surface area (Å²) in [5.41, 5.74) is 0. The van der Waals surface area contributed by atoms with E-state index in [1.165, 1.54) is 0 Å². The monoisotopic (exact) mass is 173 g/mol. The summed E-state index contributed by atoms with van der Waals surface area (Å²) in [6, 6.07) is -1.25. The number of carboxylic acids is 1. The number of aliphatic carboxylic acids is 1. The first-order valence-electron chi connectivity index (χ1n) is 3.02. The highest BCUT2D eigenvalue weighted by Crippen LogP contribution is 1.80. The van der Waals surface area contributed by atoms with Gasteiger partial charge in [-0.3, -0.25) is 9.59 Å². The number of hydrogen-bond acceptors (Lipinski definition) is 4. The van der Waals surface area contributed by atoms with E-state index in [9.17, 15) is 19.2 Å². The molecule has 0 fully saturated rings. The molecule has 66 valence electrons. The molecule has 1 amide bonds. The van der Waals surface area contributed by atoms with Crippen LogP contribution in [0.4, 0.5) is 0 Å². The van der Waals surface area contributed by atoms with E-state index >= 15 is 0 Å². The van der Waals surface area contributed by atoms with Crippen LogP contribution >= 0.6 is 0 Å². The van der Waals surface area contributed by atoms with E-state index in [4.69, 9.17) is 5.11 Å². The fourth-order valence-corrected chi connectivity index (χ4v) is 0.474. The first-order valence-corrected chi connectivity index (χ1v) is 3.02. The molecule has 6 heteroatoms. The third-order valence-electron chi connectivity index (χ3n) is 0.933. The van der Waals surface area contributed by atoms with Crippen molar-refractivity contribution in [2.75, 3.05) is 0 Å². The average molecular weight is 173 g/mol. The van der Waals surface area contributed by atoms with Crippen molar-refractivity contribution in [2.24, 2.45) is 0 Å². The summed E-state index contributed by atoms with van der Waals surface area (Å²) < 4.78 is 0. The minimum Gasteiger partial charge on any atom is -0.481 e. The van der Waals surface area contributed by atoms with Gasteiger partial charge >= 0.3 is 5.97 Å². The molecule has 0 aliphatic carbocycles. The van der Waals surface area contributed by atoms with E-state index < -0.39 is 24.3 Å². The summed E-state index contributed by atoms with van der Waals surface area (Å²) in [5.74, 6) is -2.19. The number of carboxylic acid groups (broad SMARTS) is 1. The maximum Gasteiger partial charge on any atom is 0.312 e. The van der Waals surface area contributed by atoms with Gasteiger partial charge < -0.3 is 20.0 Å². The van der Waals surface area contributed by atoms with Gasteiger partial charge in [-0.15, -0.1) is 0 Å². The predicted octanol–water partition coefficient (Wildman–Crippen LogP) is -1.66. The summed E-state index contributed by atoms with van der Waals surface area (Å²) in [7, 11) is 0. The van der Waals surface area contributed by atoms with E-state index in [1.54, 1.807) is 0 Å². The van der Waals surface area contributed by atoms with E-state index in [2.05, 4.69) is 0 Å². The molecule has 0 aromatic rings. The van der Waals surface area contributed by atoms with Crippen LogP contribution in [0.5, 0.6) is 0 Å². The van der Waals surface area contributed by atoms with Gasteiger partial charge in [0.15, 0.2) is 0 Å². The highest BCUT2D eigenvalue weighted by atomic mass is 16.4. The quantitative estimate of drug-likeness (QED) is 0.383. The molecule has 0 atom stereocenters. The fraction of sp³-hybridized carbons (Fsp3) is 0.333. The van der Waals surface area contributed by atoms with Crippen molar-refractivity contribution in [2.45, 2.75) is 12.5 Å². The molecule has 0 spiro atoms. The van der Waals surface area contributed by atoms with Crippen molar-refractivity contribution < 1.29 is 24.3 Å². The van der Waals surface area contributed by atoms with Gasteiger partial charge in [-0.25, -0.2) is 0 Å². The van der Waals surface area contributed by atoms with E-state index in [-0.39, 0.29) is 12.6 Å². The molecule has 0 radical (unpaired) electrons. The third-order valence-corrected chi connectivity index (χ3v) is 0.933. The van der Waals surface area contributed by atoms with Crippen LogP contribution in [0, 0.1) is 0 Å². The van der Waals surface area contributed by atoms with Gasteiger partial charge in [0.1, 0.15) is 25.0 Å². The van der Waals surface area contributed by atoms with Crippen molar-refractivity contribution in [1.82, 2.24) is 5.32 Å². The molecular formula is C6H7NO5. The third kappa shape index (κ3) is 4.15. The number of hydrogen-bond donors (Lipinski definition) is 2. The molecule has 2 N–H and O–H groups in total. The average Bonchev–Trinajstić information content (AvgIpc) is 1.98. The first-order chi connectivity index (χ1) is 5.60. The second-order valence-corrected chi connectivity index (χ2v) is 1.94. The summed E-state index contributed by atoms with van der Waals surface area (Å²) in [4.78, 5) is 40.4. The maximum absolute atomic E-state index is 10.6. The Morgan fingerprint density at radius 1 is 1.33 bits per heavy atom. The summed E-state index contributed by atoms with van der Waals surface area (Å²) in [6.07, 6.45) is -0.322. The van der Waals surface area contributed by atoms with Gasteiger partial charge in [0.05, 0.1) is 0 Å². The van der Waals surface area contributed by atoms with Crippen LogP contribution in [0.15, 0.2) is 0 Å². The van der Waals surface area contributed by atoms with Crippen molar-refractivity contribution in [3.8, 4) is 0 Å². The second-order valence-electron chi connectivity index (χ2n) is 1.94. The van der Waals surface area contributed by atoms with E-state index in [0.717, 1.165) is 0 Å². The number of nitrogens with one attached hydrogen (secondary N) is 1. The van der Waals surface area contributed by atoms with Crippen molar-refractivity contribution in [3.63, 3.8) is 0 Å². The van der Waals surface area contributed by atoms with Crippen LogP contribution in [0.3, 0.4) is 0 Å². The molecule has 0 saturated carbocycles. The Balaban J connectivity index is 3.89. The molecule has 0 unspecified atom stereocenters. The smallest absolute Gasteiger partial charge is 0.312 e. The molecule has 6 nitrogen and oxygen atoms in total. The lowest BCUT2D eigenvalue weighted by molar-refractivity contribution is -0.141. The Labute approximate surface area is 67.6 Å². The van der Waals surface area contributed by atoms with Crippen LogP contribution in [0.2, 0.25) is 0 Å². The topological polar surface area (TPSA) is 101 Å². The minimum absolute atomic E-state index is 0.215. The predicted molar refractivity (Wildman–Crippen MR) is 36.3 cm³/mol. The van der Waals surface area contributed by atoms with Crippen molar-refractivity contribution in [1.29, 1.82) is 0 Å². The Bertz CT molecular complexity index is 204. The van der Waals surface area contributed by atoms with Crippen LogP contribution < -0.4 is 5.32 Å². The van der Waals surface area contributed by atoms with Crippen LogP contribution in [-0.4, -0.2) is 35.6 Å². The number of carbonyl (C=O) groups excluding carboxylic acids is 3. The van der Waals surface area contributed by atoms with Gasteiger partial charge in [0.2, 0.25) is 5.91 Å². The Morgan fingerprint density at radius 2 is 1.83 bits per heavy atom. The van der Waals surface area contributed by atoms with E-state index in [0.29, 0.717) is 0 Å². The molecule has 0 saturated heterocycles. The van der Waals surface area contributed by atoms with Crippen LogP contribution in [-0.2, 0) is 19.2 Å². The number of aldehydes is 2. The lowest BCUT2D eigenvalue weighted by atomic mass is 10.3. The van der Waals surface area contributed by atoms with Gasteiger partial charge in [0.25, 0.3) is 0 Å². The van der Waals surface area contributed by atoms with Crippen molar-refractivity contribution >= 4 is 24.4 Å². The number of amides is 1. The Hall–Kier alpha value is -1.72. The van der Waals surface area contributed by atoms with Crippen LogP contribution in [0.25, 0.3) is 0 Å². The first kappa shape index (κ1) is 10.3. The molecule has 0 bridgehead atoms. The van der Waals surface area contributed by atoms with Gasteiger partial charge in [0, 0.05) is 0 Å². The molecule has 0 aromatic heterocycles. The summed E-state index contributed by atoms with van der Waals surface area (Å²) >= 11 is 0. The second kappa shape index (κ2) is 5.00. The normalized spacial score (nSPS) is 9.08. The molecule has 0 aromatic carbocycles. The van der Waals surface area contributed by atoms with E-state index in [1.807, 2.05) is 5.32 Å². The lowest BCUT2D eigenvalue weighted by Gasteiger charge is -2.02. The van der Waals surface area contributed by atoms with Gasteiger partial charge in [-0.1, -0.05) is 0 Å². The number of carbonyl (C=O) groups is 4. The Kier molecular flexibility index (Phi) is 4.28. The van der Waals surface area contributed by atoms with Crippen molar-refractivity contribution in [3.05, 3.63) is 0 Å². The Morgan fingerprint density at radius 3 is 2.17 bits per heavy atom. The van der Waals surface area contributed by atoms with Gasteiger partial charge in [-0.05, 0) is 0 Å². The maximum atomic E-state index is 10.6. The highest BCUT2D eigenvalue weighted by Gasteiger charge is 2.12. The molecule has 0 heterocycles. The zero-order valence-corrected chi connectivity index (χ0v) is 6.02. The molecular weight excluding hydrogens is 166 g/mol. The largest absolute Gasteiger partial charge is 0.481 e. The molecule has 0 rings (SSSR count). The molecule has 12 heavy (non-hydrogen) atoms. The fourth-order valence-electron chi connectivity index (χ4n) is 0.474. The highest BCUT2D eigenvalue weighted by molar-refractivity contribution is 5.97. The summed E-state index contributed by atoms with van der Waals surface area (Å²) in [6.45, 7) is 0.